The Hall–Kier alpha value is -3.80. The van der Waals surface area contributed by atoms with Crippen molar-refractivity contribution >= 4 is 17.7 Å². The third-order valence-electron chi connectivity index (χ3n) is 6.51. The zero-order valence-corrected chi connectivity index (χ0v) is 20.1. The lowest BCUT2D eigenvalue weighted by atomic mass is 9.77. The van der Waals surface area contributed by atoms with Gasteiger partial charge in [0.25, 0.3) is 0 Å². The van der Waals surface area contributed by atoms with E-state index in [2.05, 4.69) is 18.2 Å². The van der Waals surface area contributed by atoms with Crippen molar-refractivity contribution in [3.63, 3.8) is 0 Å². The zero-order chi connectivity index (χ0) is 24.2. The molecule has 2 unspecified atom stereocenters. The van der Waals surface area contributed by atoms with Gasteiger partial charge in [-0.3, -0.25) is 4.79 Å². The molecule has 0 spiro atoms. The number of benzene rings is 2. The predicted molar refractivity (Wildman–Crippen MR) is 136 cm³/mol. The SMILES string of the molecule is CCOc1ccc(/C=C2\CCCC3C2=NN(C(=O)c2ccco2)C3c2ccc(OCC)cc2)cc1. The lowest BCUT2D eigenvalue weighted by Crippen LogP contribution is -2.31. The second-order valence-electron chi connectivity index (χ2n) is 8.73. The largest absolute Gasteiger partial charge is 0.494 e. The summed E-state index contributed by atoms with van der Waals surface area (Å²) in [6.45, 7) is 5.20. The molecule has 1 fully saturated rings. The van der Waals surface area contributed by atoms with Crippen LogP contribution in [0.1, 0.15) is 60.8 Å². The smallest absolute Gasteiger partial charge is 0.310 e. The van der Waals surface area contributed by atoms with E-state index in [0.717, 1.165) is 47.6 Å². The van der Waals surface area contributed by atoms with Gasteiger partial charge in [-0.15, -0.1) is 0 Å². The molecule has 1 aliphatic heterocycles. The molecule has 180 valence electrons. The molecule has 1 amide bonds. The summed E-state index contributed by atoms with van der Waals surface area (Å²) in [5.74, 6) is 1.87. The first-order valence-electron chi connectivity index (χ1n) is 12.3. The molecule has 0 bridgehead atoms. The molecule has 5 rings (SSSR count). The molecule has 2 heterocycles. The molecule has 1 aliphatic carbocycles. The minimum Gasteiger partial charge on any atom is -0.494 e. The van der Waals surface area contributed by atoms with Crippen molar-refractivity contribution < 1.29 is 18.7 Å². The Morgan fingerprint density at radius 1 is 1.03 bits per heavy atom. The van der Waals surface area contributed by atoms with E-state index >= 15 is 0 Å². The van der Waals surface area contributed by atoms with Crippen molar-refractivity contribution in [3.05, 3.63) is 89.4 Å². The molecule has 2 aromatic carbocycles. The Morgan fingerprint density at radius 2 is 1.71 bits per heavy atom. The average molecular weight is 471 g/mol. The van der Waals surface area contributed by atoms with Gasteiger partial charge in [-0.2, -0.15) is 5.10 Å². The van der Waals surface area contributed by atoms with Crippen LogP contribution in [0.4, 0.5) is 0 Å². The number of hydrogen-bond acceptors (Lipinski definition) is 5. The average Bonchev–Trinajstić information content (AvgIpc) is 3.55. The van der Waals surface area contributed by atoms with Crippen LogP contribution in [0, 0.1) is 5.92 Å². The van der Waals surface area contributed by atoms with E-state index in [0.29, 0.717) is 19.0 Å². The minimum absolute atomic E-state index is 0.120. The van der Waals surface area contributed by atoms with Crippen molar-refractivity contribution in [2.75, 3.05) is 13.2 Å². The van der Waals surface area contributed by atoms with E-state index in [9.17, 15) is 4.79 Å². The number of rotatable bonds is 7. The van der Waals surface area contributed by atoms with Gasteiger partial charge in [0.15, 0.2) is 5.76 Å². The Bertz CT molecular complexity index is 1210. The number of hydrazone groups is 1. The minimum atomic E-state index is -0.226. The second-order valence-corrected chi connectivity index (χ2v) is 8.73. The molecule has 2 atom stereocenters. The fraction of sp³-hybridized carbons (Fsp3) is 0.310. The molecule has 1 saturated carbocycles. The van der Waals surface area contributed by atoms with E-state index in [-0.39, 0.29) is 17.9 Å². The van der Waals surface area contributed by atoms with Gasteiger partial charge in [-0.1, -0.05) is 24.3 Å². The number of carbonyl (C=O) groups is 1. The van der Waals surface area contributed by atoms with Crippen LogP contribution >= 0.6 is 0 Å². The highest BCUT2D eigenvalue weighted by molar-refractivity contribution is 6.09. The summed E-state index contributed by atoms with van der Waals surface area (Å²) in [5.41, 5.74) is 4.31. The topological polar surface area (TPSA) is 64.3 Å². The highest BCUT2D eigenvalue weighted by Gasteiger charge is 2.44. The molecular weight excluding hydrogens is 440 g/mol. The summed E-state index contributed by atoms with van der Waals surface area (Å²) >= 11 is 0. The summed E-state index contributed by atoms with van der Waals surface area (Å²) in [7, 11) is 0. The normalized spacial score (nSPS) is 20.5. The first-order chi connectivity index (χ1) is 17.2. The van der Waals surface area contributed by atoms with Crippen LogP contribution < -0.4 is 9.47 Å². The Balaban J connectivity index is 1.50. The molecule has 0 radical (unpaired) electrons. The number of nitrogens with zero attached hydrogens (tertiary/aromatic N) is 2. The molecule has 6 heteroatoms. The van der Waals surface area contributed by atoms with Crippen LogP contribution in [0.15, 0.2) is 82.0 Å². The van der Waals surface area contributed by atoms with Crippen molar-refractivity contribution in [2.24, 2.45) is 11.0 Å². The summed E-state index contributed by atoms with van der Waals surface area (Å²) in [4.78, 5) is 13.4. The lowest BCUT2D eigenvalue weighted by molar-refractivity contribution is 0.0648. The van der Waals surface area contributed by atoms with Crippen LogP contribution in [0.5, 0.6) is 11.5 Å². The highest BCUT2D eigenvalue weighted by atomic mass is 16.5. The number of furan rings is 1. The van der Waals surface area contributed by atoms with Gasteiger partial charge in [0, 0.05) is 5.92 Å². The number of fused-ring (bicyclic) bond motifs is 1. The first kappa shape index (κ1) is 23.0. The second kappa shape index (κ2) is 10.2. The van der Waals surface area contributed by atoms with Crippen molar-refractivity contribution in [2.45, 2.75) is 39.2 Å². The summed E-state index contributed by atoms with van der Waals surface area (Å²) in [6, 6.07) is 19.3. The molecule has 6 nitrogen and oxygen atoms in total. The van der Waals surface area contributed by atoms with Gasteiger partial charge in [0.1, 0.15) is 11.5 Å². The number of carbonyl (C=O) groups excluding carboxylic acids is 1. The van der Waals surface area contributed by atoms with Gasteiger partial charge >= 0.3 is 5.91 Å². The van der Waals surface area contributed by atoms with E-state index in [1.54, 1.807) is 17.1 Å². The summed E-state index contributed by atoms with van der Waals surface area (Å²) in [5, 5.41) is 6.54. The maximum Gasteiger partial charge on any atom is 0.310 e. The maximum atomic E-state index is 13.4. The summed E-state index contributed by atoms with van der Waals surface area (Å²) in [6.07, 6.45) is 6.66. The van der Waals surface area contributed by atoms with E-state index < -0.39 is 0 Å². The monoisotopic (exact) mass is 470 g/mol. The van der Waals surface area contributed by atoms with Crippen molar-refractivity contribution in [1.82, 2.24) is 5.01 Å². The van der Waals surface area contributed by atoms with Crippen molar-refractivity contribution in [3.8, 4) is 11.5 Å². The van der Waals surface area contributed by atoms with Gasteiger partial charge in [0.2, 0.25) is 0 Å². The van der Waals surface area contributed by atoms with Crippen LogP contribution in [0.3, 0.4) is 0 Å². The third-order valence-corrected chi connectivity index (χ3v) is 6.51. The number of allylic oxidation sites excluding steroid dienone is 1. The highest BCUT2D eigenvalue weighted by Crippen LogP contribution is 2.45. The van der Waals surface area contributed by atoms with Gasteiger partial charge in [-0.25, -0.2) is 5.01 Å². The molecule has 0 saturated heterocycles. The molecule has 35 heavy (non-hydrogen) atoms. The fourth-order valence-corrected chi connectivity index (χ4v) is 4.97. The molecule has 2 aliphatic rings. The molecular formula is C29H30N2O4. The molecule has 0 N–H and O–H groups in total. The van der Waals surface area contributed by atoms with E-state index in [4.69, 9.17) is 19.0 Å². The van der Waals surface area contributed by atoms with Gasteiger partial charge in [-0.05, 0) is 92.3 Å². The van der Waals surface area contributed by atoms with Gasteiger partial charge < -0.3 is 13.9 Å². The van der Waals surface area contributed by atoms with Crippen molar-refractivity contribution in [1.29, 1.82) is 0 Å². The maximum absolute atomic E-state index is 13.4. The number of amides is 1. The standard InChI is InChI=1S/C29H30N2O4/c1-3-33-23-14-10-20(11-15-23)19-22-7-5-8-25-27(22)30-31(29(32)26-9-6-18-35-26)28(25)21-12-16-24(17-13-21)34-4-2/h6,9-19,25,28H,3-5,7-8H2,1-2H3/b22-19+. The van der Waals surface area contributed by atoms with E-state index in [1.165, 1.54) is 11.8 Å². The van der Waals surface area contributed by atoms with Crippen LogP contribution in [-0.4, -0.2) is 29.8 Å². The number of ether oxygens (including phenoxy) is 2. The Labute approximate surface area is 205 Å². The lowest BCUT2D eigenvalue weighted by Gasteiger charge is -2.29. The number of hydrogen-bond donors (Lipinski definition) is 0. The van der Waals surface area contributed by atoms with Gasteiger partial charge in [0.05, 0.1) is 31.2 Å². The summed E-state index contributed by atoms with van der Waals surface area (Å²) < 4.78 is 16.6. The third kappa shape index (κ3) is 4.74. The predicted octanol–water partition coefficient (Wildman–Crippen LogP) is 6.51. The van der Waals surface area contributed by atoms with Crippen LogP contribution in [0.2, 0.25) is 0 Å². The quantitative estimate of drug-likeness (QED) is 0.395. The van der Waals surface area contributed by atoms with Crippen LogP contribution in [-0.2, 0) is 0 Å². The first-order valence-corrected chi connectivity index (χ1v) is 12.3. The van der Waals surface area contributed by atoms with E-state index in [1.807, 2.05) is 50.2 Å². The Morgan fingerprint density at radius 3 is 2.34 bits per heavy atom. The Kier molecular flexibility index (Phi) is 6.70. The fourth-order valence-electron chi connectivity index (χ4n) is 4.97. The zero-order valence-electron chi connectivity index (χ0n) is 20.1. The molecule has 3 aromatic rings. The molecule has 1 aromatic heterocycles. The van der Waals surface area contributed by atoms with Crippen LogP contribution in [0.25, 0.3) is 6.08 Å².